The Morgan fingerprint density at radius 2 is 1.58 bits per heavy atom. The van der Waals surface area contributed by atoms with Gasteiger partial charge in [0.15, 0.2) is 6.61 Å². The molecule has 1 heterocycles. The second kappa shape index (κ2) is 8.04. The van der Waals surface area contributed by atoms with Crippen LogP contribution in [-0.2, 0) is 9.53 Å². The lowest BCUT2D eigenvalue weighted by atomic mass is 10.6. The molecule has 12 heavy (non-hydrogen) atoms. The van der Waals surface area contributed by atoms with E-state index in [0.717, 1.165) is 4.90 Å². The Kier molecular flexibility index (Phi) is 9.06. The molecular formula is C8H17NO3. The van der Waals surface area contributed by atoms with Crippen molar-refractivity contribution in [3.63, 3.8) is 0 Å². The first-order valence-electron chi connectivity index (χ1n) is 4.15. The number of likely N-dealkylation sites (N-methyl/N-ethyl adjacent to an activating group) is 1. The molecule has 1 aliphatic heterocycles. The molecule has 4 nitrogen and oxygen atoms in total. The fourth-order valence-corrected chi connectivity index (χ4v) is 0.419. The molecule has 0 aromatic rings. The summed E-state index contributed by atoms with van der Waals surface area (Å²) in [5.41, 5.74) is 0. The predicted molar refractivity (Wildman–Crippen MR) is 46.8 cm³/mol. The zero-order valence-electron chi connectivity index (χ0n) is 8.38. The standard InChI is InChI=1S/C4H5NO3.2C2H6/c1-5-3(6)2-8-4(5)7;2*1-2/h2H2,1H3;2*1-2H3. The number of imide groups is 1. The van der Waals surface area contributed by atoms with Gasteiger partial charge in [-0.3, -0.25) is 4.79 Å². The van der Waals surface area contributed by atoms with Crippen LogP contribution in [0.2, 0.25) is 0 Å². The Hall–Kier alpha value is -1.06. The topological polar surface area (TPSA) is 46.6 Å². The number of carbonyl (C=O) groups excluding carboxylic acids is 2. The molecule has 0 bridgehead atoms. The minimum absolute atomic E-state index is 0.102. The van der Waals surface area contributed by atoms with E-state index in [1.807, 2.05) is 27.7 Å². The van der Waals surface area contributed by atoms with Crippen molar-refractivity contribution in [2.75, 3.05) is 13.7 Å². The lowest BCUT2D eigenvalue weighted by Crippen LogP contribution is -2.23. The maximum absolute atomic E-state index is 10.4. The van der Waals surface area contributed by atoms with E-state index in [1.54, 1.807) is 0 Å². The van der Waals surface area contributed by atoms with E-state index in [2.05, 4.69) is 4.74 Å². The minimum Gasteiger partial charge on any atom is -0.439 e. The van der Waals surface area contributed by atoms with Crippen LogP contribution in [0.1, 0.15) is 27.7 Å². The largest absolute Gasteiger partial charge is 0.439 e. The first-order valence-corrected chi connectivity index (χ1v) is 4.15. The summed E-state index contributed by atoms with van der Waals surface area (Å²) in [4.78, 5) is 21.6. The van der Waals surface area contributed by atoms with Gasteiger partial charge in [0, 0.05) is 7.05 Å². The summed E-state index contributed by atoms with van der Waals surface area (Å²) in [5.74, 6) is -0.282. The number of carbonyl (C=O) groups is 2. The molecule has 0 spiro atoms. The summed E-state index contributed by atoms with van der Waals surface area (Å²) in [7, 11) is 1.39. The second-order valence-electron chi connectivity index (χ2n) is 1.51. The first-order chi connectivity index (χ1) is 5.72. The Morgan fingerprint density at radius 1 is 1.17 bits per heavy atom. The monoisotopic (exact) mass is 175 g/mol. The van der Waals surface area contributed by atoms with E-state index in [1.165, 1.54) is 7.05 Å². The number of cyclic esters (lactones) is 1. The van der Waals surface area contributed by atoms with Gasteiger partial charge in [-0.2, -0.15) is 0 Å². The highest BCUT2D eigenvalue weighted by atomic mass is 16.6. The van der Waals surface area contributed by atoms with Crippen LogP contribution >= 0.6 is 0 Å². The first kappa shape index (κ1) is 13.5. The number of hydrogen-bond acceptors (Lipinski definition) is 3. The molecule has 1 rings (SSSR count). The highest BCUT2D eigenvalue weighted by Crippen LogP contribution is 1.99. The van der Waals surface area contributed by atoms with Crippen LogP contribution in [0, 0.1) is 0 Å². The van der Waals surface area contributed by atoms with E-state index in [0.29, 0.717) is 0 Å². The smallest absolute Gasteiger partial charge is 0.416 e. The van der Waals surface area contributed by atoms with E-state index in [-0.39, 0.29) is 12.5 Å². The Labute approximate surface area is 73.5 Å². The Balaban J connectivity index is 0. The molecule has 0 atom stereocenters. The van der Waals surface area contributed by atoms with Crippen LogP contribution in [0.25, 0.3) is 0 Å². The molecule has 1 saturated heterocycles. The van der Waals surface area contributed by atoms with Gasteiger partial charge in [-0.25, -0.2) is 9.69 Å². The van der Waals surface area contributed by atoms with Crippen molar-refractivity contribution >= 4 is 12.0 Å². The van der Waals surface area contributed by atoms with E-state index < -0.39 is 6.09 Å². The highest BCUT2D eigenvalue weighted by molar-refractivity contribution is 5.97. The van der Waals surface area contributed by atoms with E-state index >= 15 is 0 Å². The Bertz CT molecular complexity index is 129. The molecule has 2 amide bonds. The number of hydrogen-bond donors (Lipinski definition) is 0. The van der Waals surface area contributed by atoms with Crippen LogP contribution < -0.4 is 0 Å². The number of ether oxygens (including phenoxy) is 1. The molecule has 0 saturated carbocycles. The number of nitrogens with zero attached hydrogens (tertiary/aromatic N) is 1. The van der Waals surface area contributed by atoms with Crippen molar-refractivity contribution in [2.24, 2.45) is 0 Å². The molecule has 0 unspecified atom stereocenters. The summed E-state index contributed by atoms with van der Waals surface area (Å²) >= 11 is 0. The summed E-state index contributed by atoms with van der Waals surface area (Å²) < 4.78 is 4.31. The van der Waals surface area contributed by atoms with Gasteiger partial charge in [0.2, 0.25) is 0 Å². The van der Waals surface area contributed by atoms with Crippen molar-refractivity contribution in [2.45, 2.75) is 27.7 Å². The van der Waals surface area contributed by atoms with Gasteiger partial charge in [-0.15, -0.1) is 0 Å². The molecule has 0 aromatic heterocycles. The van der Waals surface area contributed by atoms with Crippen LogP contribution in [-0.4, -0.2) is 30.6 Å². The molecule has 0 radical (unpaired) electrons. The van der Waals surface area contributed by atoms with Crippen molar-refractivity contribution in [3.8, 4) is 0 Å². The van der Waals surface area contributed by atoms with Crippen LogP contribution in [0.15, 0.2) is 0 Å². The van der Waals surface area contributed by atoms with Crippen LogP contribution in [0.3, 0.4) is 0 Å². The van der Waals surface area contributed by atoms with Crippen molar-refractivity contribution in [1.82, 2.24) is 4.90 Å². The maximum atomic E-state index is 10.4. The quantitative estimate of drug-likeness (QED) is 0.562. The molecule has 1 aliphatic rings. The number of rotatable bonds is 0. The summed E-state index contributed by atoms with van der Waals surface area (Å²) in [5, 5.41) is 0. The summed E-state index contributed by atoms with van der Waals surface area (Å²) in [6, 6.07) is 0. The third-order valence-electron chi connectivity index (χ3n) is 0.967. The molecular weight excluding hydrogens is 158 g/mol. The fourth-order valence-electron chi connectivity index (χ4n) is 0.419. The van der Waals surface area contributed by atoms with Crippen molar-refractivity contribution in [1.29, 1.82) is 0 Å². The lowest BCUT2D eigenvalue weighted by molar-refractivity contribution is -0.125. The maximum Gasteiger partial charge on any atom is 0.416 e. The van der Waals surface area contributed by atoms with Crippen molar-refractivity contribution in [3.05, 3.63) is 0 Å². The zero-order chi connectivity index (χ0) is 10.1. The van der Waals surface area contributed by atoms with Gasteiger partial charge >= 0.3 is 6.09 Å². The normalized spacial score (nSPS) is 13.9. The second-order valence-corrected chi connectivity index (χ2v) is 1.51. The average molecular weight is 175 g/mol. The molecule has 4 heteroatoms. The predicted octanol–water partition coefficient (Wildman–Crippen LogP) is 1.65. The van der Waals surface area contributed by atoms with Gasteiger partial charge in [0.05, 0.1) is 0 Å². The van der Waals surface area contributed by atoms with Gasteiger partial charge in [-0.05, 0) is 0 Å². The molecule has 0 aliphatic carbocycles. The SMILES string of the molecule is CC.CC.CN1C(=O)COC1=O. The third-order valence-corrected chi connectivity index (χ3v) is 0.967. The van der Waals surface area contributed by atoms with Gasteiger partial charge < -0.3 is 4.74 Å². The zero-order valence-corrected chi connectivity index (χ0v) is 8.38. The van der Waals surface area contributed by atoms with Gasteiger partial charge in [0.1, 0.15) is 0 Å². The summed E-state index contributed by atoms with van der Waals surface area (Å²) in [6.45, 7) is 7.90. The van der Waals surface area contributed by atoms with Crippen LogP contribution in [0.5, 0.6) is 0 Å². The molecule has 1 fully saturated rings. The van der Waals surface area contributed by atoms with Crippen LogP contribution in [0.4, 0.5) is 4.79 Å². The van der Waals surface area contributed by atoms with Crippen molar-refractivity contribution < 1.29 is 14.3 Å². The summed E-state index contributed by atoms with van der Waals surface area (Å²) in [6.07, 6.45) is -0.560. The van der Waals surface area contributed by atoms with E-state index in [4.69, 9.17) is 0 Å². The van der Waals surface area contributed by atoms with Gasteiger partial charge in [-0.1, -0.05) is 27.7 Å². The molecule has 0 N–H and O–H groups in total. The minimum atomic E-state index is -0.560. The third kappa shape index (κ3) is 3.95. The average Bonchev–Trinajstić information content (AvgIpc) is 2.43. The molecule has 72 valence electrons. The Morgan fingerprint density at radius 3 is 1.67 bits per heavy atom. The fraction of sp³-hybridized carbons (Fsp3) is 0.750. The van der Waals surface area contributed by atoms with E-state index in [9.17, 15) is 9.59 Å². The lowest BCUT2D eigenvalue weighted by Gasteiger charge is -1.96. The highest BCUT2D eigenvalue weighted by Gasteiger charge is 2.26. The number of amides is 2. The molecule has 0 aromatic carbocycles. The van der Waals surface area contributed by atoms with Gasteiger partial charge in [0.25, 0.3) is 5.91 Å².